The number of carbonyl (C=O) groups excluding carboxylic acids is 1. The molecular weight excluding hydrogens is 528 g/mol. The van der Waals surface area contributed by atoms with E-state index in [1.54, 1.807) is 51.3 Å². The van der Waals surface area contributed by atoms with Gasteiger partial charge in [0, 0.05) is 0 Å². The number of nitrogens with zero attached hydrogens (tertiary/aromatic N) is 2. The van der Waals surface area contributed by atoms with Gasteiger partial charge in [-0.25, -0.2) is 9.79 Å². The standard InChI is InChI=1S/C28H29ClN2O6S/c1-6-35-20-11-9-17(13-19(20)29)14-23-26(32)31-25(18-10-12-21(34-5)22(15-18)36-7-2)24(27(33)37-8-3)16(4)30-28(31)38-23/h9-15,25H,6-8H2,1-5H3. The van der Waals surface area contributed by atoms with E-state index in [-0.39, 0.29) is 12.2 Å². The fourth-order valence-electron chi connectivity index (χ4n) is 4.27. The maximum atomic E-state index is 13.8. The summed E-state index contributed by atoms with van der Waals surface area (Å²) >= 11 is 7.60. The Bertz CT molecular complexity index is 1570. The fourth-order valence-corrected chi connectivity index (χ4v) is 5.56. The lowest BCUT2D eigenvalue weighted by Gasteiger charge is -2.25. The summed E-state index contributed by atoms with van der Waals surface area (Å²) in [5.74, 6) is 1.11. The first kappa shape index (κ1) is 27.5. The van der Waals surface area contributed by atoms with Gasteiger partial charge in [0.1, 0.15) is 5.75 Å². The highest BCUT2D eigenvalue weighted by molar-refractivity contribution is 7.07. The van der Waals surface area contributed by atoms with Gasteiger partial charge in [0.2, 0.25) is 0 Å². The van der Waals surface area contributed by atoms with Gasteiger partial charge in [-0.15, -0.1) is 0 Å². The van der Waals surface area contributed by atoms with Crippen molar-refractivity contribution in [3.05, 3.63) is 83.5 Å². The van der Waals surface area contributed by atoms with Crippen LogP contribution in [0.4, 0.5) is 0 Å². The van der Waals surface area contributed by atoms with E-state index in [0.717, 1.165) is 5.56 Å². The summed E-state index contributed by atoms with van der Waals surface area (Å²) in [6.07, 6.45) is 1.76. The van der Waals surface area contributed by atoms with E-state index in [4.69, 9.17) is 30.5 Å². The van der Waals surface area contributed by atoms with Gasteiger partial charge in [-0.3, -0.25) is 9.36 Å². The first-order valence-electron chi connectivity index (χ1n) is 12.3. The minimum Gasteiger partial charge on any atom is -0.493 e. The van der Waals surface area contributed by atoms with E-state index < -0.39 is 12.0 Å². The molecule has 38 heavy (non-hydrogen) atoms. The highest BCUT2D eigenvalue weighted by Crippen LogP contribution is 2.36. The lowest BCUT2D eigenvalue weighted by molar-refractivity contribution is -0.139. The largest absolute Gasteiger partial charge is 0.493 e. The highest BCUT2D eigenvalue weighted by atomic mass is 35.5. The van der Waals surface area contributed by atoms with Crippen LogP contribution in [-0.2, 0) is 9.53 Å². The fraction of sp³-hybridized carbons (Fsp3) is 0.321. The van der Waals surface area contributed by atoms with Crippen LogP contribution in [-0.4, -0.2) is 37.5 Å². The van der Waals surface area contributed by atoms with E-state index in [9.17, 15) is 9.59 Å². The van der Waals surface area contributed by atoms with E-state index in [1.807, 2.05) is 26.0 Å². The number of hydrogen-bond acceptors (Lipinski definition) is 8. The molecule has 0 bridgehead atoms. The summed E-state index contributed by atoms with van der Waals surface area (Å²) in [5.41, 5.74) is 1.90. The second kappa shape index (κ2) is 11.9. The Morgan fingerprint density at radius 1 is 1.05 bits per heavy atom. The molecule has 2 aromatic carbocycles. The van der Waals surface area contributed by atoms with Crippen molar-refractivity contribution in [2.45, 2.75) is 33.7 Å². The third-order valence-electron chi connectivity index (χ3n) is 5.87. The molecule has 0 N–H and O–H groups in total. The number of aromatic nitrogens is 1. The first-order valence-corrected chi connectivity index (χ1v) is 13.4. The van der Waals surface area contributed by atoms with E-state index in [1.165, 1.54) is 15.9 Å². The van der Waals surface area contributed by atoms with Gasteiger partial charge in [-0.1, -0.05) is 35.1 Å². The van der Waals surface area contributed by atoms with Crippen LogP contribution in [0.3, 0.4) is 0 Å². The molecule has 3 aromatic rings. The zero-order valence-corrected chi connectivity index (χ0v) is 23.4. The van der Waals surface area contributed by atoms with Crippen molar-refractivity contribution < 1.29 is 23.7 Å². The highest BCUT2D eigenvalue weighted by Gasteiger charge is 2.34. The Labute approximate surface area is 229 Å². The van der Waals surface area contributed by atoms with Crippen LogP contribution < -0.4 is 29.1 Å². The molecule has 10 heteroatoms. The third-order valence-corrected chi connectivity index (χ3v) is 7.15. The molecule has 4 rings (SSSR count). The van der Waals surface area contributed by atoms with Gasteiger partial charge in [0.15, 0.2) is 16.3 Å². The smallest absolute Gasteiger partial charge is 0.338 e. The van der Waals surface area contributed by atoms with Gasteiger partial charge in [-0.05, 0) is 69.2 Å². The molecule has 1 unspecified atom stereocenters. The van der Waals surface area contributed by atoms with Crippen LogP contribution in [0, 0.1) is 0 Å². The molecule has 0 saturated heterocycles. The summed E-state index contributed by atoms with van der Waals surface area (Å²) in [6, 6.07) is 9.95. The zero-order chi connectivity index (χ0) is 27.4. The van der Waals surface area contributed by atoms with E-state index in [0.29, 0.717) is 61.7 Å². The molecule has 1 aliphatic heterocycles. The number of thiazole rings is 1. The van der Waals surface area contributed by atoms with Crippen molar-refractivity contribution >= 4 is 35.0 Å². The number of hydrogen-bond donors (Lipinski definition) is 0. The number of halogens is 1. The molecular formula is C28H29ClN2O6S. The predicted molar refractivity (Wildman–Crippen MR) is 147 cm³/mol. The molecule has 0 spiro atoms. The number of carbonyl (C=O) groups is 1. The van der Waals surface area contributed by atoms with E-state index >= 15 is 0 Å². The molecule has 0 aliphatic carbocycles. The topological polar surface area (TPSA) is 88.4 Å². The molecule has 2 heterocycles. The SMILES string of the molecule is CCOC(=O)C1=C(C)N=c2sc(=Cc3ccc(OCC)c(Cl)c3)c(=O)n2C1c1ccc(OC)c(OCC)c1. The number of allylic oxidation sites excluding steroid dienone is 1. The van der Waals surface area contributed by atoms with Crippen molar-refractivity contribution in [1.29, 1.82) is 0 Å². The Balaban J connectivity index is 1.92. The van der Waals surface area contributed by atoms with Crippen molar-refractivity contribution in [2.24, 2.45) is 4.99 Å². The molecule has 200 valence electrons. The Kier molecular flexibility index (Phi) is 8.58. The van der Waals surface area contributed by atoms with Crippen LogP contribution >= 0.6 is 22.9 Å². The number of fused-ring (bicyclic) bond motifs is 1. The van der Waals surface area contributed by atoms with Crippen LogP contribution in [0.15, 0.2) is 57.5 Å². The third kappa shape index (κ3) is 5.35. The molecule has 0 fully saturated rings. The number of ether oxygens (including phenoxy) is 4. The molecule has 1 aromatic heterocycles. The Morgan fingerprint density at radius 3 is 2.42 bits per heavy atom. The van der Waals surface area contributed by atoms with Crippen LogP contribution in [0.2, 0.25) is 5.02 Å². The van der Waals surface area contributed by atoms with Crippen LogP contribution in [0.1, 0.15) is 44.9 Å². The maximum Gasteiger partial charge on any atom is 0.338 e. The number of benzene rings is 2. The van der Waals surface area contributed by atoms with Gasteiger partial charge < -0.3 is 18.9 Å². The lowest BCUT2D eigenvalue weighted by atomic mass is 9.95. The Morgan fingerprint density at radius 2 is 1.76 bits per heavy atom. The summed E-state index contributed by atoms with van der Waals surface area (Å²) in [4.78, 5) is 32.0. The van der Waals surface area contributed by atoms with Crippen molar-refractivity contribution in [2.75, 3.05) is 26.9 Å². The van der Waals surface area contributed by atoms with Gasteiger partial charge in [0.05, 0.1) is 53.8 Å². The summed E-state index contributed by atoms with van der Waals surface area (Å²) in [5, 5.41) is 0.452. The molecule has 0 amide bonds. The molecule has 1 atom stereocenters. The van der Waals surface area contributed by atoms with Crippen LogP contribution in [0.5, 0.6) is 17.2 Å². The Hall–Kier alpha value is -3.56. The minimum absolute atomic E-state index is 0.193. The van der Waals surface area contributed by atoms with Crippen LogP contribution in [0.25, 0.3) is 6.08 Å². The number of rotatable bonds is 9. The monoisotopic (exact) mass is 556 g/mol. The lowest BCUT2D eigenvalue weighted by Crippen LogP contribution is -2.40. The minimum atomic E-state index is -0.763. The average molecular weight is 557 g/mol. The summed E-state index contributed by atoms with van der Waals surface area (Å²) in [6.45, 7) is 8.35. The second-order valence-corrected chi connectivity index (χ2v) is 9.68. The molecule has 8 nitrogen and oxygen atoms in total. The predicted octanol–water partition coefficient (Wildman–Crippen LogP) is 4.26. The van der Waals surface area contributed by atoms with Crippen molar-refractivity contribution in [3.63, 3.8) is 0 Å². The average Bonchev–Trinajstić information content (AvgIpc) is 3.19. The normalized spacial score (nSPS) is 15.1. The number of methoxy groups -OCH3 is 1. The molecule has 1 aliphatic rings. The molecule has 0 saturated carbocycles. The number of esters is 1. The first-order chi connectivity index (χ1) is 18.3. The van der Waals surface area contributed by atoms with Gasteiger partial charge >= 0.3 is 5.97 Å². The summed E-state index contributed by atoms with van der Waals surface area (Å²) < 4.78 is 24.1. The van der Waals surface area contributed by atoms with Gasteiger partial charge in [0.25, 0.3) is 5.56 Å². The van der Waals surface area contributed by atoms with Crippen molar-refractivity contribution in [3.8, 4) is 17.2 Å². The summed E-state index contributed by atoms with van der Waals surface area (Å²) in [7, 11) is 1.56. The molecule has 0 radical (unpaired) electrons. The second-order valence-electron chi connectivity index (χ2n) is 8.27. The maximum absolute atomic E-state index is 13.8. The van der Waals surface area contributed by atoms with E-state index in [2.05, 4.69) is 4.99 Å². The quantitative estimate of drug-likeness (QED) is 0.366. The zero-order valence-electron chi connectivity index (χ0n) is 21.9. The van der Waals surface area contributed by atoms with Crippen molar-refractivity contribution in [1.82, 2.24) is 4.57 Å². The van der Waals surface area contributed by atoms with Gasteiger partial charge in [-0.2, -0.15) is 0 Å².